The highest BCUT2D eigenvalue weighted by atomic mass is 35.5. The first-order valence-corrected chi connectivity index (χ1v) is 15.0. The quantitative estimate of drug-likeness (QED) is 0.217. The molecule has 0 saturated heterocycles. The fourth-order valence-corrected chi connectivity index (χ4v) is 6.99. The minimum atomic E-state index is -0.372. The smallest absolute Gasteiger partial charge is 0.341 e. The van der Waals surface area contributed by atoms with Crippen LogP contribution < -0.4 is 10.1 Å². The molecular formula is C27H33ClN4O4S2. The molecule has 1 amide bonds. The topological polar surface area (TPSA) is 95.3 Å². The first kappa shape index (κ1) is 28.4. The molecule has 2 unspecified atom stereocenters. The molecule has 1 aliphatic rings. The number of hydrogen-bond acceptors (Lipinski definition) is 8. The van der Waals surface area contributed by atoms with Gasteiger partial charge in [-0.2, -0.15) is 0 Å². The van der Waals surface area contributed by atoms with Crippen molar-refractivity contribution in [3.05, 3.63) is 50.6 Å². The van der Waals surface area contributed by atoms with E-state index in [4.69, 9.17) is 21.1 Å². The lowest BCUT2D eigenvalue weighted by molar-refractivity contribution is -0.113. The maximum absolute atomic E-state index is 13.0. The van der Waals surface area contributed by atoms with E-state index >= 15 is 0 Å². The van der Waals surface area contributed by atoms with Gasteiger partial charge in [-0.05, 0) is 82.2 Å². The number of fused-ring (bicyclic) bond motifs is 1. The summed E-state index contributed by atoms with van der Waals surface area (Å²) in [4.78, 5) is 26.9. The Labute approximate surface area is 236 Å². The molecule has 38 heavy (non-hydrogen) atoms. The van der Waals surface area contributed by atoms with Gasteiger partial charge in [-0.25, -0.2) is 4.79 Å². The van der Waals surface area contributed by atoms with Gasteiger partial charge in [0.05, 0.1) is 17.9 Å². The third kappa shape index (κ3) is 6.35. The number of carbonyl (C=O) groups is 2. The van der Waals surface area contributed by atoms with Gasteiger partial charge in [-0.1, -0.05) is 30.3 Å². The number of benzene rings is 1. The summed E-state index contributed by atoms with van der Waals surface area (Å²) in [7, 11) is 0. The number of hydrogen-bond donors (Lipinski definition) is 1. The Bertz CT molecular complexity index is 1320. The molecule has 0 radical (unpaired) electrons. The van der Waals surface area contributed by atoms with Crippen molar-refractivity contribution in [1.82, 2.24) is 14.8 Å². The van der Waals surface area contributed by atoms with Crippen LogP contribution in [0.1, 0.15) is 72.4 Å². The van der Waals surface area contributed by atoms with Crippen molar-refractivity contribution in [1.29, 1.82) is 0 Å². The third-order valence-corrected chi connectivity index (χ3v) is 8.81. The highest BCUT2D eigenvalue weighted by Crippen LogP contribution is 2.40. The summed E-state index contributed by atoms with van der Waals surface area (Å²) in [5.74, 6) is 1.51. The summed E-state index contributed by atoms with van der Waals surface area (Å²) < 4.78 is 13.4. The molecule has 1 aromatic carbocycles. The number of halogens is 1. The molecule has 11 heteroatoms. The van der Waals surface area contributed by atoms with Crippen molar-refractivity contribution >= 4 is 51.6 Å². The zero-order valence-corrected chi connectivity index (χ0v) is 24.7. The largest absolute Gasteiger partial charge is 0.482 e. The number of carbonyl (C=O) groups excluding carboxylic acids is 2. The number of esters is 1. The summed E-state index contributed by atoms with van der Waals surface area (Å²) in [6, 6.07) is 5.49. The predicted molar refractivity (Wildman–Crippen MR) is 152 cm³/mol. The van der Waals surface area contributed by atoms with E-state index in [1.165, 1.54) is 23.1 Å². The lowest BCUT2D eigenvalue weighted by Crippen LogP contribution is -2.18. The molecule has 0 aliphatic heterocycles. The zero-order chi connectivity index (χ0) is 27.4. The van der Waals surface area contributed by atoms with Gasteiger partial charge < -0.3 is 19.4 Å². The minimum Gasteiger partial charge on any atom is -0.482 e. The highest BCUT2D eigenvalue weighted by Gasteiger charge is 2.29. The molecule has 0 spiro atoms. The van der Waals surface area contributed by atoms with Crippen LogP contribution in [0.25, 0.3) is 0 Å². The second-order valence-corrected chi connectivity index (χ2v) is 11.9. The molecule has 8 nitrogen and oxygen atoms in total. The average Bonchev–Trinajstić information content (AvgIpc) is 3.44. The van der Waals surface area contributed by atoms with E-state index < -0.39 is 0 Å². The van der Waals surface area contributed by atoms with E-state index in [0.717, 1.165) is 41.0 Å². The lowest BCUT2D eigenvalue weighted by Gasteiger charge is -2.18. The average molecular weight is 577 g/mol. The number of rotatable bonds is 10. The number of thiophene rings is 1. The van der Waals surface area contributed by atoms with Crippen molar-refractivity contribution in [2.75, 3.05) is 17.7 Å². The van der Waals surface area contributed by atoms with Gasteiger partial charge in [0.15, 0.2) is 17.1 Å². The molecule has 3 aromatic rings. The molecule has 0 bridgehead atoms. The number of anilines is 1. The molecular weight excluding hydrogens is 544 g/mol. The number of amides is 1. The van der Waals surface area contributed by atoms with Gasteiger partial charge >= 0.3 is 5.97 Å². The highest BCUT2D eigenvalue weighted by molar-refractivity contribution is 7.99. The van der Waals surface area contributed by atoms with E-state index in [9.17, 15) is 9.59 Å². The van der Waals surface area contributed by atoms with Gasteiger partial charge in [0.1, 0.15) is 10.8 Å². The Balaban J connectivity index is 1.45. The second kappa shape index (κ2) is 12.5. The minimum absolute atomic E-state index is 0.130. The van der Waals surface area contributed by atoms with Crippen LogP contribution in [0.3, 0.4) is 0 Å². The standard InChI is InChI=1S/C27H33ClN4O4S2/c1-6-32-24(17(5)36-20-11-9-18(28)13-16(20)4)30-31-27(32)37-14-22(33)29-25-23(26(34)35-7-2)19-10-8-15(3)12-21(19)38-25/h9,11,13,15,17H,6-8,10,12,14H2,1-5H3,(H,29,33). The fraction of sp³-hybridized carbons (Fsp3) is 0.481. The summed E-state index contributed by atoms with van der Waals surface area (Å²) in [6.07, 6.45) is 2.41. The lowest BCUT2D eigenvalue weighted by atomic mass is 9.88. The first-order chi connectivity index (χ1) is 18.2. The summed E-state index contributed by atoms with van der Waals surface area (Å²) >= 11 is 8.85. The summed E-state index contributed by atoms with van der Waals surface area (Å²) in [6.45, 7) is 10.8. The molecule has 2 heterocycles. The van der Waals surface area contributed by atoms with Crippen LogP contribution in [0.4, 0.5) is 5.00 Å². The van der Waals surface area contributed by atoms with Gasteiger partial charge in [-0.3, -0.25) is 4.79 Å². The second-order valence-electron chi connectivity index (χ2n) is 9.37. The number of nitrogens with one attached hydrogen (secondary N) is 1. The van der Waals surface area contributed by atoms with Crippen LogP contribution in [0.2, 0.25) is 5.02 Å². The number of aromatic nitrogens is 3. The van der Waals surface area contributed by atoms with E-state index in [1.807, 2.05) is 37.5 Å². The Morgan fingerprint density at radius 2 is 2.11 bits per heavy atom. The first-order valence-electron chi connectivity index (χ1n) is 12.8. The Morgan fingerprint density at radius 3 is 2.82 bits per heavy atom. The molecule has 2 aromatic heterocycles. The fourth-order valence-electron chi connectivity index (χ4n) is 4.54. The van der Waals surface area contributed by atoms with E-state index in [1.54, 1.807) is 13.0 Å². The van der Waals surface area contributed by atoms with E-state index in [0.29, 0.717) is 39.0 Å². The molecule has 4 rings (SSSR count). The Kier molecular flexibility index (Phi) is 9.38. The SMILES string of the molecule is CCOC(=O)c1c(NC(=O)CSc2nnc(C(C)Oc3ccc(Cl)cc3C)n2CC)sc2c1CCC(C)C2. The van der Waals surface area contributed by atoms with Crippen LogP contribution in [-0.2, 0) is 28.9 Å². The summed E-state index contributed by atoms with van der Waals surface area (Å²) in [5.41, 5.74) is 2.47. The van der Waals surface area contributed by atoms with Crippen molar-refractivity contribution < 1.29 is 19.1 Å². The van der Waals surface area contributed by atoms with Crippen LogP contribution in [0.15, 0.2) is 23.4 Å². The van der Waals surface area contributed by atoms with Crippen LogP contribution in [0, 0.1) is 12.8 Å². The van der Waals surface area contributed by atoms with Gasteiger partial charge in [-0.15, -0.1) is 21.5 Å². The van der Waals surface area contributed by atoms with Crippen LogP contribution in [0.5, 0.6) is 5.75 Å². The molecule has 1 N–H and O–H groups in total. The van der Waals surface area contributed by atoms with Crippen molar-refractivity contribution in [3.8, 4) is 5.75 Å². The zero-order valence-electron chi connectivity index (χ0n) is 22.3. The van der Waals surface area contributed by atoms with Crippen LogP contribution in [-0.4, -0.2) is 39.0 Å². The number of ether oxygens (including phenoxy) is 2. The number of aryl methyl sites for hydroxylation is 1. The Morgan fingerprint density at radius 1 is 1.32 bits per heavy atom. The number of thioether (sulfide) groups is 1. The van der Waals surface area contributed by atoms with Crippen molar-refractivity contribution in [2.45, 2.75) is 71.7 Å². The van der Waals surface area contributed by atoms with E-state index in [-0.39, 0.29) is 30.3 Å². The monoisotopic (exact) mass is 576 g/mol. The molecule has 2 atom stereocenters. The van der Waals surface area contributed by atoms with Crippen molar-refractivity contribution in [3.63, 3.8) is 0 Å². The van der Waals surface area contributed by atoms with Gasteiger partial charge in [0, 0.05) is 16.4 Å². The third-order valence-electron chi connectivity index (χ3n) is 6.44. The molecule has 0 fully saturated rings. The van der Waals surface area contributed by atoms with Crippen LogP contribution >= 0.6 is 34.7 Å². The summed E-state index contributed by atoms with van der Waals surface area (Å²) in [5, 5.41) is 13.5. The number of nitrogens with zero attached hydrogens (tertiary/aromatic N) is 3. The normalized spacial score (nSPS) is 15.6. The maximum atomic E-state index is 13.0. The van der Waals surface area contributed by atoms with Crippen molar-refractivity contribution in [2.24, 2.45) is 5.92 Å². The Hall–Kier alpha value is -2.56. The van der Waals surface area contributed by atoms with E-state index in [2.05, 4.69) is 22.4 Å². The van der Waals surface area contributed by atoms with Gasteiger partial charge in [0.25, 0.3) is 0 Å². The van der Waals surface area contributed by atoms with Gasteiger partial charge in [0.2, 0.25) is 5.91 Å². The molecule has 204 valence electrons. The molecule has 0 saturated carbocycles. The maximum Gasteiger partial charge on any atom is 0.341 e. The predicted octanol–water partition coefficient (Wildman–Crippen LogP) is 6.49. The molecule has 1 aliphatic carbocycles.